The number of carbonyl (C=O) groups excluding carboxylic acids is 1. The summed E-state index contributed by atoms with van der Waals surface area (Å²) < 4.78 is 33.4. The van der Waals surface area contributed by atoms with Crippen LogP contribution in [-0.2, 0) is 14.8 Å². The lowest BCUT2D eigenvalue weighted by Gasteiger charge is -2.31. The highest BCUT2D eigenvalue weighted by Gasteiger charge is 2.31. The summed E-state index contributed by atoms with van der Waals surface area (Å²) in [6.45, 7) is 4.26. The van der Waals surface area contributed by atoms with E-state index in [-0.39, 0.29) is 16.9 Å². The van der Waals surface area contributed by atoms with E-state index in [1.807, 2.05) is 0 Å². The first-order valence-corrected chi connectivity index (χ1v) is 10.7. The maximum absolute atomic E-state index is 13.0. The van der Waals surface area contributed by atoms with Crippen molar-refractivity contribution in [3.8, 4) is 5.88 Å². The van der Waals surface area contributed by atoms with Crippen molar-refractivity contribution in [1.29, 1.82) is 0 Å². The van der Waals surface area contributed by atoms with Crippen molar-refractivity contribution >= 4 is 21.6 Å². The Labute approximate surface area is 165 Å². The third-order valence-electron chi connectivity index (χ3n) is 4.64. The van der Waals surface area contributed by atoms with Gasteiger partial charge in [-0.25, -0.2) is 18.4 Å². The molecule has 2 heterocycles. The number of hydrogen-bond donors (Lipinski definition) is 1. The Hall–Kier alpha value is -2.52. The summed E-state index contributed by atoms with van der Waals surface area (Å²) in [7, 11) is -3.60. The molecule has 0 unspecified atom stereocenters. The predicted octanol–water partition coefficient (Wildman–Crippen LogP) is 2.37. The Morgan fingerprint density at radius 2 is 2.04 bits per heavy atom. The van der Waals surface area contributed by atoms with Gasteiger partial charge in [-0.1, -0.05) is 6.92 Å². The number of aromatic nitrogens is 2. The van der Waals surface area contributed by atoms with Gasteiger partial charge in [0.2, 0.25) is 21.8 Å². The molecule has 3 rings (SSSR count). The largest absolute Gasteiger partial charge is 0.474 e. The van der Waals surface area contributed by atoms with Gasteiger partial charge >= 0.3 is 0 Å². The van der Waals surface area contributed by atoms with Crippen LogP contribution in [0, 0.1) is 6.92 Å². The van der Waals surface area contributed by atoms with Crippen LogP contribution in [0.5, 0.6) is 5.88 Å². The zero-order chi connectivity index (χ0) is 20.1. The summed E-state index contributed by atoms with van der Waals surface area (Å²) >= 11 is 0. The van der Waals surface area contributed by atoms with Crippen LogP contribution in [-0.4, -0.2) is 47.8 Å². The second-order valence-corrected chi connectivity index (χ2v) is 8.56. The summed E-state index contributed by atoms with van der Waals surface area (Å²) in [6, 6.07) is 6.55. The van der Waals surface area contributed by atoms with Gasteiger partial charge < -0.3 is 10.1 Å². The standard InChI is InChI=1S/C19H24N4O4S/c1-3-18(24)22-15-4-5-17(14(2)12-15)28(25,26)23-10-7-16(8-11-23)27-19-6-9-20-13-21-19/h4-6,9,12-13,16H,3,7-8,10-11H2,1-2H3,(H,22,24). The average molecular weight is 404 g/mol. The second kappa shape index (κ2) is 8.66. The van der Waals surface area contributed by atoms with Crippen LogP contribution in [0.1, 0.15) is 31.7 Å². The van der Waals surface area contributed by atoms with Gasteiger partial charge in [-0.05, 0) is 43.5 Å². The van der Waals surface area contributed by atoms with Crippen molar-refractivity contribution in [2.75, 3.05) is 18.4 Å². The maximum atomic E-state index is 13.0. The zero-order valence-corrected chi connectivity index (χ0v) is 16.8. The number of piperidine rings is 1. The summed E-state index contributed by atoms with van der Waals surface area (Å²) in [6.07, 6.45) is 4.50. The topological polar surface area (TPSA) is 101 Å². The first-order valence-electron chi connectivity index (χ1n) is 9.23. The molecule has 1 saturated heterocycles. The smallest absolute Gasteiger partial charge is 0.243 e. The molecule has 1 fully saturated rings. The Bertz CT molecular complexity index is 926. The number of hydrogen-bond acceptors (Lipinski definition) is 6. The number of nitrogens with one attached hydrogen (secondary N) is 1. The fraction of sp³-hybridized carbons (Fsp3) is 0.421. The fourth-order valence-corrected chi connectivity index (χ4v) is 4.79. The first kappa shape index (κ1) is 20.2. The molecule has 8 nitrogen and oxygen atoms in total. The second-order valence-electron chi connectivity index (χ2n) is 6.65. The Kier molecular flexibility index (Phi) is 6.25. The minimum Gasteiger partial charge on any atom is -0.474 e. The quantitative estimate of drug-likeness (QED) is 0.793. The van der Waals surface area contributed by atoms with Crippen LogP contribution in [0.3, 0.4) is 0 Å². The Morgan fingerprint density at radius 3 is 2.64 bits per heavy atom. The van der Waals surface area contributed by atoms with Crippen molar-refractivity contribution in [2.24, 2.45) is 0 Å². The number of nitrogens with zero attached hydrogens (tertiary/aromatic N) is 3. The highest BCUT2D eigenvalue weighted by atomic mass is 32.2. The molecule has 1 aromatic heterocycles. The van der Waals surface area contributed by atoms with Gasteiger partial charge in [0, 0.05) is 37.5 Å². The zero-order valence-electron chi connectivity index (χ0n) is 16.0. The summed E-state index contributed by atoms with van der Waals surface area (Å²) in [5.74, 6) is 0.387. The van der Waals surface area contributed by atoms with Gasteiger partial charge in [0.25, 0.3) is 0 Å². The van der Waals surface area contributed by atoms with Crippen LogP contribution in [0.25, 0.3) is 0 Å². The van der Waals surface area contributed by atoms with Gasteiger partial charge in [-0.2, -0.15) is 4.31 Å². The van der Waals surface area contributed by atoms with Gasteiger partial charge in [0.05, 0.1) is 4.90 Å². The number of aryl methyl sites for hydroxylation is 1. The molecule has 1 aliphatic heterocycles. The number of ether oxygens (including phenoxy) is 1. The lowest BCUT2D eigenvalue weighted by atomic mass is 10.1. The minimum atomic E-state index is -3.60. The van der Waals surface area contributed by atoms with Crippen LogP contribution >= 0.6 is 0 Å². The number of rotatable bonds is 6. The van der Waals surface area contributed by atoms with E-state index in [1.54, 1.807) is 44.3 Å². The average Bonchev–Trinajstić information content (AvgIpc) is 2.69. The predicted molar refractivity (Wildman–Crippen MR) is 105 cm³/mol. The molecule has 0 atom stereocenters. The van der Waals surface area contributed by atoms with Crippen molar-refractivity contribution in [2.45, 2.75) is 44.1 Å². The molecule has 0 spiro atoms. The monoisotopic (exact) mass is 404 g/mol. The third-order valence-corrected chi connectivity index (χ3v) is 6.70. The van der Waals surface area contributed by atoms with Crippen LogP contribution in [0.2, 0.25) is 0 Å². The molecule has 1 amide bonds. The molecule has 0 aliphatic carbocycles. The molecule has 28 heavy (non-hydrogen) atoms. The van der Waals surface area contributed by atoms with Crippen molar-refractivity contribution < 1.29 is 17.9 Å². The summed E-state index contributed by atoms with van der Waals surface area (Å²) in [4.78, 5) is 19.7. The SMILES string of the molecule is CCC(=O)Nc1ccc(S(=O)(=O)N2CCC(Oc3ccncn3)CC2)c(C)c1. The molecule has 1 aromatic carbocycles. The van der Waals surface area contributed by atoms with E-state index in [1.165, 1.54) is 10.6 Å². The van der Waals surface area contributed by atoms with Crippen molar-refractivity contribution in [3.05, 3.63) is 42.4 Å². The van der Waals surface area contributed by atoms with Gasteiger partial charge in [0.1, 0.15) is 12.4 Å². The molecule has 2 aromatic rings. The van der Waals surface area contributed by atoms with Crippen LogP contribution in [0.15, 0.2) is 41.7 Å². The van der Waals surface area contributed by atoms with Crippen LogP contribution in [0.4, 0.5) is 5.69 Å². The van der Waals surface area contributed by atoms with E-state index < -0.39 is 10.0 Å². The molecular weight excluding hydrogens is 380 g/mol. The molecule has 0 radical (unpaired) electrons. The fourth-order valence-electron chi connectivity index (χ4n) is 3.11. The number of amides is 1. The molecule has 0 saturated carbocycles. The van der Waals surface area contributed by atoms with E-state index in [0.29, 0.717) is 49.5 Å². The lowest BCUT2D eigenvalue weighted by Crippen LogP contribution is -2.42. The third kappa shape index (κ3) is 4.66. The summed E-state index contributed by atoms with van der Waals surface area (Å²) in [5.41, 5.74) is 1.20. The van der Waals surface area contributed by atoms with Gasteiger partial charge in [-0.15, -0.1) is 0 Å². The summed E-state index contributed by atoms with van der Waals surface area (Å²) in [5, 5.41) is 2.75. The minimum absolute atomic E-state index is 0.0749. The molecule has 1 N–H and O–H groups in total. The molecule has 150 valence electrons. The molecule has 1 aliphatic rings. The maximum Gasteiger partial charge on any atom is 0.243 e. The normalized spacial score (nSPS) is 15.9. The van der Waals surface area contributed by atoms with E-state index in [0.717, 1.165) is 0 Å². The molecule has 0 bridgehead atoms. The van der Waals surface area contributed by atoms with E-state index in [9.17, 15) is 13.2 Å². The molecule has 9 heteroatoms. The lowest BCUT2D eigenvalue weighted by molar-refractivity contribution is -0.115. The first-order chi connectivity index (χ1) is 13.4. The van der Waals surface area contributed by atoms with Gasteiger partial charge in [0.15, 0.2) is 0 Å². The molecular formula is C19H24N4O4S. The number of benzene rings is 1. The van der Waals surface area contributed by atoms with Crippen LogP contribution < -0.4 is 10.1 Å². The Morgan fingerprint density at radius 1 is 1.29 bits per heavy atom. The van der Waals surface area contributed by atoms with Crippen molar-refractivity contribution in [3.63, 3.8) is 0 Å². The van der Waals surface area contributed by atoms with Gasteiger partial charge in [-0.3, -0.25) is 4.79 Å². The van der Waals surface area contributed by atoms with Crippen molar-refractivity contribution in [1.82, 2.24) is 14.3 Å². The number of sulfonamides is 1. The number of carbonyl (C=O) groups is 1. The highest BCUT2D eigenvalue weighted by molar-refractivity contribution is 7.89. The van der Waals surface area contributed by atoms with E-state index >= 15 is 0 Å². The Balaban J connectivity index is 1.66. The van der Waals surface area contributed by atoms with E-state index in [4.69, 9.17) is 4.74 Å². The number of anilines is 1. The highest BCUT2D eigenvalue weighted by Crippen LogP contribution is 2.26. The van der Waals surface area contributed by atoms with E-state index in [2.05, 4.69) is 15.3 Å².